The molecule has 0 radical (unpaired) electrons. The summed E-state index contributed by atoms with van der Waals surface area (Å²) in [6.45, 7) is 2.06. The molecule has 0 aromatic carbocycles. The molecular formula is C14H19N3O4. The van der Waals surface area contributed by atoms with E-state index < -0.39 is 5.97 Å². The van der Waals surface area contributed by atoms with Crippen molar-refractivity contribution in [1.82, 2.24) is 10.3 Å². The number of nitrogens with zero attached hydrogens (tertiary/aromatic N) is 1. The average Bonchev–Trinajstić information content (AvgIpc) is 2.42. The number of carboxylic acids is 1. The Balaban J connectivity index is 2.31. The molecule has 7 nitrogen and oxygen atoms in total. The van der Waals surface area contributed by atoms with Gasteiger partial charge in [-0.15, -0.1) is 0 Å². The second kappa shape index (κ2) is 8.68. The third-order valence-corrected chi connectivity index (χ3v) is 2.78. The third-order valence-electron chi connectivity index (χ3n) is 2.78. The van der Waals surface area contributed by atoms with Crippen LogP contribution in [0.4, 0.5) is 5.69 Å². The first-order chi connectivity index (χ1) is 10.0. The molecule has 1 heterocycles. The molecule has 0 atom stereocenters. The standard InChI is InChI=1S/C14H19N3O4/c1-10(18)16-7-4-2-3-5-13(19)17-12-9-15-8-6-11(12)14(20)21/h6,8-9H,2-5,7H2,1H3,(H,16,18)(H,17,19)(H,20,21). The predicted octanol–water partition coefficient (Wildman–Crippen LogP) is 1.41. The first-order valence-electron chi connectivity index (χ1n) is 6.72. The maximum atomic E-state index is 11.7. The summed E-state index contributed by atoms with van der Waals surface area (Å²) in [4.78, 5) is 37.1. The Kier molecular flexibility index (Phi) is 6.86. The number of aromatic carboxylic acids is 1. The molecule has 0 unspecified atom stereocenters. The van der Waals surface area contributed by atoms with Crippen LogP contribution in [0.5, 0.6) is 0 Å². The van der Waals surface area contributed by atoms with E-state index in [1.165, 1.54) is 25.4 Å². The summed E-state index contributed by atoms with van der Waals surface area (Å²) in [5, 5.41) is 14.2. The normalized spacial score (nSPS) is 9.95. The number of anilines is 1. The van der Waals surface area contributed by atoms with Crippen molar-refractivity contribution in [1.29, 1.82) is 0 Å². The maximum Gasteiger partial charge on any atom is 0.337 e. The number of aromatic nitrogens is 1. The van der Waals surface area contributed by atoms with Gasteiger partial charge in [-0.3, -0.25) is 14.6 Å². The number of hydrogen-bond donors (Lipinski definition) is 3. The number of carbonyl (C=O) groups excluding carboxylic acids is 2. The van der Waals surface area contributed by atoms with Gasteiger partial charge in [0.15, 0.2) is 0 Å². The van der Waals surface area contributed by atoms with E-state index in [2.05, 4.69) is 15.6 Å². The van der Waals surface area contributed by atoms with Crippen LogP contribution in [-0.4, -0.2) is 34.4 Å². The first kappa shape index (κ1) is 16.6. The molecule has 21 heavy (non-hydrogen) atoms. The van der Waals surface area contributed by atoms with Gasteiger partial charge in [0.25, 0.3) is 0 Å². The van der Waals surface area contributed by atoms with Gasteiger partial charge in [0.2, 0.25) is 11.8 Å². The lowest BCUT2D eigenvalue weighted by Gasteiger charge is -2.07. The second-order valence-corrected chi connectivity index (χ2v) is 4.57. The summed E-state index contributed by atoms with van der Waals surface area (Å²) >= 11 is 0. The largest absolute Gasteiger partial charge is 0.478 e. The topological polar surface area (TPSA) is 108 Å². The van der Waals surface area contributed by atoms with Crippen molar-refractivity contribution < 1.29 is 19.5 Å². The van der Waals surface area contributed by atoms with Gasteiger partial charge in [0.05, 0.1) is 17.4 Å². The molecule has 0 bridgehead atoms. The Hall–Kier alpha value is -2.44. The van der Waals surface area contributed by atoms with E-state index in [0.29, 0.717) is 19.4 Å². The number of carbonyl (C=O) groups is 3. The summed E-state index contributed by atoms with van der Waals surface area (Å²) in [6.07, 6.45) is 5.27. The summed E-state index contributed by atoms with van der Waals surface area (Å²) in [6, 6.07) is 1.34. The minimum Gasteiger partial charge on any atom is -0.478 e. The molecular weight excluding hydrogens is 274 g/mol. The highest BCUT2D eigenvalue weighted by atomic mass is 16.4. The fourth-order valence-corrected chi connectivity index (χ4v) is 1.75. The van der Waals surface area contributed by atoms with Gasteiger partial charge in [0, 0.05) is 26.1 Å². The quantitative estimate of drug-likeness (QED) is 0.628. The minimum atomic E-state index is -1.11. The molecule has 1 aromatic rings. The van der Waals surface area contributed by atoms with E-state index in [1.54, 1.807) is 0 Å². The van der Waals surface area contributed by atoms with E-state index >= 15 is 0 Å². The van der Waals surface area contributed by atoms with Crippen molar-refractivity contribution in [2.24, 2.45) is 0 Å². The molecule has 1 rings (SSSR count). The van der Waals surface area contributed by atoms with Crippen LogP contribution in [0.15, 0.2) is 18.5 Å². The third kappa shape index (κ3) is 6.51. The number of hydrogen-bond acceptors (Lipinski definition) is 4. The Labute approximate surface area is 122 Å². The lowest BCUT2D eigenvalue weighted by Crippen LogP contribution is -2.20. The first-order valence-corrected chi connectivity index (χ1v) is 6.72. The van der Waals surface area contributed by atoms with Gasteiger partial charge in [-0.25, -0.2) is 4.79 Å². The van der Waals surface area contributed by atoms with E-state index in [4.69, 9.17) is 5.11 Å². The Morgan fingerprint density at radius 2 is 2.00 bits per heavy atom. The molecule has 7 heteroatoms. The Bertz CT molecular complexity index is 517. The summed E-state index contributed by atoms with van der Waals surface area (Å²) in [5.41, 5.74) is 0.220. The van der Waals surface area contributed by atoms with Crippen LogP contribution in [0.2, 0.25) is 0 Å². The lowest BCUT2D eigenvalue weighted by atomic mass is 10.1. The molecule has 0 saturated carbocycles. The van der Waals surface area contributed by atoms with Crippen molar-refractivity contribution in [3.63, 3.8) is 0 Å². The van der Waals surface area contributed by atoms with Gasteiger partial charge < -0.3 is 15.7 Å². The van der Waals surface area contributed by atoms with Crippen molar-refractivity contribution in [2.45, 2.75) is 32.6 Å². The highest BCUT2D eigenvalue weighted by Gasteiger charge is 2.11. The number of nitrogens with one attached hydrogen (secondary N) is 2. The van der Waals surface area contributed by atoms with Gasteiger partial charge in [0.1, 0.15) is 0 Å². The minimum absolute atomic E-state index is 0.0176. The molecule has 0 aliphatic carbocycles. The number of unbranched alkanes of at least 4 members (excludes halogenated alkanes) is 2. The highest BCUT2D eigenvalue weighted by molar-refractivity contribution is 6.00. The van der Waals surface area contributed by atoms with Crippen LogP contribution >= 0.6 is 0 Å². The van der Waals surface area contributed by atoms with Crippen molar-refractivity contribution in [2.75, 3.05) is 11.9 Å². The zero-order valence-electron chi connectivity index (χ0n) is 11.9. The van der Waals surface area contributed by atoms with Crippen molar-refractivity contribution >= 4 is 23.5 Å². The predicted molar refractivity (Wildman–Crippen MR) is 77.0 cm³/mol. The number of carboxylic acid groups (broad SMARTS) is 1. The molecule has 1 aromatic heterocycles. The second-order valence-electron chi connectivity index (χ2n) is 4.57. The van der Waals surface area contributed by atoms with Crippen LogP contribution in [0.1, 0.15) is 43.0 Å². The zero-order valence-corrected chi connectivity index (χ0v) is 11.9. The Morgan fingerprint density at radius 1 is 1.24 bits per heavy atom. The molecule has 0 fully saturated rings. The molecule has 2 amide bonds. The Morgan fingerprint density at radius 3 is 2.67 bits per heavy atom. The van der Waals surface area contributed by atoms with E-state index in [1.807, 2.05) is 0 Å². The fourth-order valence-electron chi connectivity index (χ4n) is 1.75. The number of amides is 2. The van der Waals surface area contributed by atoms with Crippen LogP contribution < -0.4 is 10.6 Å². The van der Waals surface area contributed by atoms with E-state index in [0.717, 1.165) is 12.8 Å². The van der Waals surface area contributed by atoms with Crippen LogP contribution in [0.3, 0.4) is 0 Å². The smallest absolute Gasteiger partial charge is 0.337 e. The van der Waals surface area contributed by atoms with Crippen LogP contribution in [-0.2, 0) is 9.59 Å². The molecule has 0 aliphatic heterocycles. The summed E-state index contributed by atoms with van der Waals surface area (Å²) in [5.74, 6) is -1.42. The molecule has 0 saturated heterocycles. The lowest BCUT2D eigenvalue weighted by molar-refractivity contribution is -0.119. The van der Waals surface area contributed by atoms with Crippen LogP contribution in [0, 0.1) is 0 Å². The van der Waals surface area contributed by atoms with Gasteiger partial charge in [-0.1, -0.05) is 6.42 Å². The highest BCUT2D eigenvalue weighted by Crippen LogP contribution is 2.14. The van der Waals surface area contributed by atoms with E-state index in [-0.39, 0.29) is 23.1 Å². The number of pyridine rings is 1. The molecule has 3 N–H and O–H groups in total. The maximum absolute atomic E-state index is 11.7. The summed E-state index contributed by atoms with van der Waals surface area (Å²) < 4.78 is 0. The SMILES string of the molecule is CC(=O)NCCCCCC(=O)Nc1cnccc1C(=O)O. The van der Waals surface area contributed by atoms with Crippen LogP contribution in [0.25, 0.3) is 0 Å². The van der Waals surface area contributed by atoms with Gasteiger partial charge in [-0.2, -0.15) is 0 Å². The van der Waals surface area contributed by atoms with Gasteiger partial charge in [-0.05, 0) is 18.9 Å². The molecule has 0 aliphatic rings. The van der Waals surface area contributed by atoms with Crippen molar-refractivity contribution in [3.8, 4) is 0 Å². The summed E-state index contributed by atoms with van der Waals surface area (Å²) in [7, 11) is 0. The number of rotatable bonds is 8. The fraction of sp³-hybridized carbons (Fsp3) is 0.429. The monoisotopic (exact) mass is 293 g/mol. The van der Waals surface area contributed by atoms with E-state index in [9.17, 15) is 14.4 Å². The van der Waals surface area contributed by atoms with Gasteiger partial charge >= 0.3 is 5.97 Å². The van der Waals surface area contributed by atoms with Crippen molar-refractivity contribution in [3.05, 3.63) is 24.0 Å². The molecule has 0 spiro atoms. The molecule has 114 valence electrons. The zero-order chi connectivity index (χ0) is 15.7. The average molecular weight is 293 g/mol.